The van der Waals surface area contributed by atoms with Gasteiger partial charge in [-0.3, -0.25) is 18.7 Å². The van der Waals surface area contributed by atoms with Gasteiger partial charge in [-0.05, 0) is 49.2 Å². The number of fused-ring (bicyclic) bond motifs is 1. The van der Waals surface area contributed by atoms with Crippen LogP contribution in [0.3, 0.4) is 0 Å². The molecule has 8 nitrogen and oxygen atoms in total. The molecule has 0 spiro atoms. The van der Waals surface area contributed by atoms with E-state index in [4.69, 9.17) is 4.74 Å². The van der Waals surface area contributed by atoms with E-state index in [1.807, 2.05) is 53.1 Å². The molecule has 2 aromatic carbocycles. The molecule has 4 aromatic rings. The third-order valence-electron chi connectivity index (χ3n) is 6.21. The van der Waals surface area contributed by atoms with Crippen LogP contribution in [0.4, 0.5) is 0 Å². The molecule has 1 N–H and O–H groups in total. The van der Waals surface area contributed by atoms with Crippen molar-refractivity contribution in [3.8, 4) is 11.4 Å². The molecule has 10 heteroatoms. The molecule has 1 aliphatic rings. The number of thioether (sulfide) groups is 1. The zero-order valence-electron chi connectivity index (χ0n) is 19.5. The van der Waals surface area contributed by atoms with Crippen LogP contribution in [0.15, 0.2) is 58.5 Å². The number of nitrogens with one attached hydrogen (secondary N) is 1. The largest absolute Gasteiger partial charge is 0.497 e. The number of amides is 1. The molecule has 1 fully saturated rings. The maximum atomic E-state index is 12.7. The number of aromatic nitrogens is 4. The predicted octanol–water partition coefficient (Wildman–Crippen LogP) is 4.24. The Kier molecular flexibility index (Phi) is 7.19. The molecule has 182 valence electrons. The third kappa shape index (κ3) is 5.28. The number of hydrogen-bond acceptors (Lipinski definition) is 7. The van der Waals surface area contributed by atoms with Crippen molar-refractivity contribution in [2.24, 2.45) is 0 Å². The van der Waals surface area contributed by atoms with Gasteiger partial charge in [0.1, 0.15) is 5.75 Å². The highest BCUT2D eigenvalue weighted by Gasteiger charge is 2.20. The first-order valence-electron chi connectivity index (χ1n) is 11.7. The van der Waals surface area contributed by atoms with Crippen molar-refractivity contribution >= 4 is 39.2 Å². The van der Waals surface area contributed by atoms with E-state index in [9.17, 15) is 9.59 Å². The molecule has 1 aliphatic carbocycles. The summed E-state index contributed by atoms with van der Waals surface area (Å²) in [6, 6.07) is 15.6. The highest BCUT2D eigenvalue weighted by atomic mass is 32.2. The van der Waals surface area contributed by atoms with Crippen LogP contribution < -0.4 is 14.9 Å². The quantitative estimate of drug-likeness (QED) is 0.357. The van der Waals surface area contributed by atoms with Crippen molar-refractivity contribution in [1.29, 1.82) is 0 Å². The molecule has 35 heavy (non-hydrogen) atoms. The van der Waals surface area contributed by atoms with Crippen molar-refractivity contribution in [2.45, 2.75) is 49.8 Å². The number of thiazole rings is 1. The second-order valence-electron chi connectivity index (χ2n) is 8.55. The summed E-state index contributed by atoms with van der Waals surface area (Å²) in [7, 11) is 1.62. The number of carbonyl (C=O) groups is 1. The van der Waals surface area contributed by atoms with E-state index in [1.165, 1.54) is 42.4 Å². The van der Waals surface area contributed by atoms with Crippen molar-refractivity contribution < 1.29 is 9.53 Å². The molecule has 0 aliphatic heterocycles. The third-order valence-corrected chi connectivity index (χ3v) is 8.10. The predicted molar refractivity (Wildman–Crippen MR) is 139 cm³/mol. The molecular formula is C25H27N5O3S2. The number of para-hydroxylation sites is 1. The fourth-order valence-electron chi connectivity index (χ4n) is 4.44. The van der Waals surface area contributed by atoms with Crippen LogP contribution in [0.1, 0.15) is 37.9 Å². The Balaban J connectivity index is 1.42. The Morgan fingerprint density at radius 1 is 1.11 bits per heavy atom. The van der Waals surface area contributed by atoms with Gasteiger partial charge in [0.15, 0.2) is 11.0 Å². The summed E-state index contributed by atoms with van der Waals surface area (Å²) in [6.45, 7) is 0.275. The molecule has 0 unspecified atom stereocenters. The Bertz CT molecular complexity index is 1370. The van der Waals surface area contributed by atoms with Crippen LogP contribution in [0.25, 0.3) is 15.9 Å². The lowest BCUT2D eigenvalue weighted by molar-refractivity contribution is -0.119. The molecule has 0 radical (unpaired) electrons. The number of methoxy groups -OCH3 is 1. The van der Waals surface area contributed by atoms with Gasteiger partial charge in [0.05, 0.1) is 29.6 Å². The molecule has 1 amide bonds. The zero-order valence-corrected chi connectivity index (χ0v) is 21.1. The van der Waals surface area contributed by atoms with E-state index in [2.05, 4.69) is 15.5 Å². The van der Waals surface area contributed by atoms with E-state index < -0.39 is 0 Å². The number of carbonyl (C=O) groups excluding carboxylic acids is 1. The summed E-state index contributed by atoms with van der Waals surface area (Å²) in [4.78, 5) is 25.3. The summed E-state index contributed by atoms with van der Waals surface area (Å²) in [6.07, 6.45) is 5.68. The number of hydrogen-bond donors (Lipinski definition) is 1. The van der Waals surface area contributed by atoms with Crippen LogP contribution in [0, 0.1) is 0 Å². The minimum atomic E-state index is -0.0449. The van der Waals surface area contributed by atoms with E-state index in [1.54, 1.807) is 11.7 Å². The lowest BCUT2D eigenvalue weighted by Crippen LogP contribution is -2.37. The average molecular weight is 510 g/mol. The van der Waals surface area contributed by atoms with Gasteiger partial charge in [-0.2, -0.15) is 0 Å². The second kappa shape index (κ2) is 10.7. The zero-order chi connectivity index (χ0) is 24.2. The Morgan fingerprint density at radius 3 is 2.66 bits per heavy atom. The lowest BCUT2D eigenvalue weighted by Gasteiger charge is -2.22. The lowest BCUT2D eigenvalue weighted by atomic mass is 9.95. The van der Waals surface area contributed by atoms with Crippen LogP contribution in [-0.2, 0) is 11.3 Å². The molecule has 5 rings (SSSR count). The Morgan fingerprint density at radius 2 is 1.89 bits per heavy atom. The fraction of sp³-hybridized carbons (Fsp3) is 0.360. The van der Waals surface area contributed by atoms with Crippen molar-refractivity contribution in [3.63, 3.8) is 0 Å². The van der Waals surface area contributed by atoms with E-state index in [-0.39, 0.29) is 29.1 Å². The first-order valence-corrected chi connectivity index (χ1v) is 13.5. The highest BCUT2D eigenvalue weighted by Crippen LogP contribution is 2.26. The Labute approximate surface area is 211 Å². The maximum Gasteiger partial charge on any atom is 0.308 e. The van der Waals surface area contributed by atoms with E-state index in [0.717, 1.165) is 34.5 Å². The number of nitrogens with zero attached hydrogens (tertiary/aromatic N) is 4. The summed E-state index contributed by atoms with van der Waals surface area (Å²) in [5.41, 5.74) is 1.71. The minimum absolute atomic E-state index is 0.00720. The van der Waals surface area contributed by atoms with E-state index in [0.29, 0.717) is 11.0 Å². The molecule has 0 bridgehead atoms. The summed E-state index contributed by atoms with van der Waals surface area (Å²) in [5, 5.41) is 12.6. The summed E-state index contributed by atoms with van der Waals surface area (Å²) in [5.74, 6) is 1.62. The van der Waals surface area contributed by atoms with Crippen LogP contribution in [0.2, 0.25) is 0 Å². The standard InChI is InChI=1S/C25H27N5O3S2/c1-33-19-13-11-18(12-14-19)30-22(15-29-20-9-5-6-10-21(20)35-25(29)32)27-28-24(30)34-16-23(31)26-17-7-3-2-4-8-17/h5-6,9-14,17H,2-4,7-8,15-16H2,1H3,(H,26,31). The van der Waals surface area contributed by atoms with Gasteiger partial charge >= 0.3 is 4.87 Å². The van der Waals surface area contributed by atoms with Crippen LogP contribution >= 0.6 is 23.1 Å². The molecule has 0 atom stereocenters. The van der Waals surface area contributed by atoms with Crippen molar-refractivity contribution in [3.05, 3.63) is 64.0 Å². The number of benzene rings is 2. The van der Waals surface area contributed by atoms with Gasteiger partial charge < -0.3 is 10.1 Å². The number of ether oxygens (including phenoxy) is 1. The number of rotatable bonds is 8. The van der Waals surface area contributed by atoms with Gasteiger partial charge in [0, 0.05) is 11.7 Å². The van der Waals surface area contributed by atoms with Gasteiger partial charge in [-0.1, -0.05) is 54.5 Å². The normalized spacial score (nSPS) is 14.3. The van der Waals surface area contributed by atoms with Gasteiger partial charge in [-0.25, -0.2) is 0 Å². The summed E-state index contributed by atoms with van der Waals surface area (Å²) >= 11 is 2.57. The fourth-order valence-corrected chi connectivity index (χ4v) is 6.11. The van der Waals surface area contributed by atoms with E-state index >= 15 is 0 Å². The monoisotopic (exact) mass is 509 g/mol. The minimum Gasteiger partial charge on any atom is -0.497 e. The topological polar surface area (TPSA) is 91.0 Å². The Hall–Kier alpha value is -3.11. The van der Waals surface area contributed by atoms with Crippen molar-refractivity contribution in [1.82, 2.24) is 24.6 Å². The first kappa shape index (κ1) is 23.6. The second-order valence-corrected chi connectivity index (χ2v) is 10.5. The highest BCUT2D eigenvalue weighted by molar-refractivity contribution is 7.99. The molecule has 2 aromatic heterocycles. The maximum absolute atomic E-state index is 12.7. The molecule has 1 saturated carbocycles. The summed E-state index contributed by atoms with van der Waals surface area (Å²) < 4.78 is 9.87. The van der Waals surface area contributed by atoms with Gasteiger partial charge in [0.25, 0.3) is 0 Å². The average Bonchev–Trinajstić information content (AvgIpc) is 3.44. The van der Waals surface area contributed by atoms with Crippen LogP contribution in [0.5, 0.6) is 5.75 Å². The molecule has 2 heterocycles. The van der Waals surface area contributed by atoms with Gasteiger partial charge in [-0.15, -0.1) is 10.2 Å². The molecule has 0 saturated heterocycles. The van der Waals surface area contributed by atoms with Crippen molar-refractivity contribution in [2.75, 3.05) is 12.9 Å². The first-order chi connectivity index (χ1) is 17.1. The smallest absolute Gasteiger partial charge is 0.308 e. The molecular weight excluding hydrogens is 482 g/mol. The van der Waals surface area contributed by atoms with Gasteiger partial charge in [0.2, 0.25) is 5.91 Å². The SMILES string of the molecule is COc1ccc(-n2c(Cn3c(=O)sc4ccccc43)nnc2SCC(=O)NC2CCCCC2)cc1. The van der Waals surface area contributed by atoms with Crippen LogP contribution in [-0.4, -0.2) is 44.1 Å².